The van der Waals surface area contributed by atoms with E-state index in [2.05, 4.69) is 17.1 Å². The molecule has 0 saturated carbocycles. The lowest BCUT2D eigenvalue weighted by molar-refractivity contribution is 0.465. The third-order valence-electron chi connectivity index (χ3n) is 3.10. The summed E-state index contributed by atoms with van der Waals surface area (Å²) in [5.41, 5.74) is 1.84. The van der Waals surface area contributed by atoms with E-state index in [1.165, 1.54) is 11.8 Å². The fraction of sp³-hybridized carbons (Fsp3) is 0.125. The molecule has 6 heteroatoms. The van der Waals surface area contributed by atoms with E-state index >= 15 is 0 Å². The molecule has 0 amide bonds. The number of aromatic nitrogens is 2. The van der Waals surface area contributed by atoms with Gasteiger partial charge in [-0.1, -0.05) is 59.2 Å². The summed E-state index contributed by atoms with van der Waals surface area (Å²) in [5, 5.41) is 10.1. The van der Waals surface area contributed by atoms with Crippen molar-refractivity contribution in [2.45, 2.75) is 17.4 Å². The molecular formula is C16H12Cl2N2OS. The van der Waals surface area contributed by atoms with Crippen LogP contribution in [0.15, 0.2) is 58.2 Å². The van der Waals surface area contributed by atoms with Crippen LogP contribution in [0.3, 0.4) is 0 Å². The van der Waals surface area contributed by atoms with Gasteiger partial charge in [0.25, 0.3) is 5.22 Å². The van der Waals surface area contributed by atoms with E-state index < -0.39 is 0 Å². The predicted octanol–water partition coefficient (Wildman–Crippen LogP) is 5.90. The first-order valence-corrected chi connectivity index (χ1v) is 8.27. The monoisotopic (exact) mass is 350 g/mol. The molecule has 2 aromatic carbocycles. The van der Waals surface area contributed by atoms with Gasteiger partial charge in [0.05, 0.1) is 0 Å². The summed E-state index contributed by atoms with van der Waals surface area (Å²) in [6.07, 6.45) is 0. The minimum atomic E-state index is 0.112. The smallest absolute Gasteiger partial charge is 0.277 e. The largest absolute Gasteiger partial charge is 0.411 e. The van der Waals surface area contributed by atoms with Gasteiger partial charge in [-0.2, -0.15) is 0 Å². The Bertz CT molecular complexity index is 791. The maximum atomic E-state index is 6.21. The molecular weight excluding hydrogens is 339 g/mol. The molecule has 1 atom stereocenters. The zero-order valence-electron chi connectivity index (χ0n) is 11.7. The van der Waals surface area contributed by atoms with E-state index in [0.717, 1.165) is 16.1 Å². The van der Waals surface area contributed by atoms with Crippen LogP contribution >= 0.6 is 35.0 Å². The fourth-order valence-corrected chi connectivity index (χ4v) is 3.42. The second-order valence-corrected chi connectivity index (χ2v) is 6.80. The Balaban J connectivity index is 1.79. The molecule has 0 spiro atoms. The summed E-state index contributed by atoms with van der Waals surface area (Å²) >= 11 is 13.7. The first kappa shape index (κ1) is 15.4. The molecule has 112 valence electrons. The van der Waals surface area contributed by atoms with Crippen molar-refractivity contribution in [1.29, 1.82) is 0 Å². The normalized spacial score (nSPS) is 12.3. The van der Waals surface area contributed by atoms with Gasteiger partial charge in [-0.15, -0.1) is 10.2 Å². The fourth-order valence-electron chi connectivity index (χ4n) is 2.02. The van der Waals surface area contributed by atoms with E-state index in [1.54, 1.807) is 12.1 Å². The first-order valence-electron chi connectivity index (χ1n) is 6.64. The summed E-state index contributed by atoms with van der Waals surface area (Å²) < 4.78 is 5.70. The molecule has 3 aromatic rings. The highest BCUT2D eigenvalue weighted by atomic mass is 35.5. The van der Waals surface area contributed by atoms with E-state index in [1.807, 2.05) is 36.4 Å². The maximum absolute atomic E-state index is 6.21. The van der Waals surface area contributed by atoms with Gasteiger partial charge in [-0.05, 0) is 36.8 Å². The molecule has 0 unspecified atom stereocenters. The van der Waals surface area contributed by atoms with E-state index in [-0.39, 0.29) is 5.25 Å². The molecule has 1 heterocycles. The molecule has 0 saturated heterocycles. The second-order valence-electron chi connectivity index (χ2n) is 4.67. The molecule has 0 bridgehead atoms. The molecule has 0 N–H and O–H groups in total. The average Bonchev–Trinajstić information content (AvgIpc) is 2.96. The summed E-state index contributed by atoms with van der Waals surface area (Å²) in [6, 6.07) is 15.1. The Hall–Kier alpha value is -1.49. The van der Waals surface area contributed by atoms with Crippen LogP contribution in [-0.2, 0) is 0 Å². The first-order chi connectivity index (χ1) is 10.6. The molecule has 3 rings (SSSR count). The number of nitrogens with zero attached hydrogens (tertiary/aromatic N) is 2. The summed E-state index contributed by atoms with van der Waals surface area (Å²) in [7, 11) is 0. The van der Waals surface area contributed by atoms with Gasteiger partial charge in [-0.25, -0.2) is 0 Å². The second kappa shape index (κ2) is 6.73. The molecule has 0 aliphatic rings. The Kier molecular flexibility index (Phi) is 4.71. The number of thioether (sulfide) groups is 1. The van der Waals surface area contributed by atoms with Crippen molar-refractivity contribution >= 4 is 35.0 Å². The zero-order chi connectivity index (χ0) is 15.5. The van der Waals surface area contributed by atoms with Crippen LogP contribution in [0.25, 0.3) is 11.5 Å². The van der Waals surface area contributed by atoms with Gasteiger partial charge in [0.1, 0.15) is 0 Å². The number of hydrogen-bond acceptors (Lipinski definition) is 4. The van der Waals surface area contributed by atoms with Gasteiger partial charge in [0.15, 0.2) is 0 Å². The van der Waals surface area contributed by atoms with Crippen molar-refractivity contribution in [1.82, 2.24) is 10.2 Å². The molecule has 0 fully saturated rings. The molecule has 0 aliphatic carbocycles. The van der Waals surface area contributed by atoms with Crippen LogP contribution in [0.4, 0.5) is 0 Å². The van der Waals surface area contributed by atoms with Crippen LogP contribution in [0.1, 0.15) is 17.7 Å². The van der Waals surface area contributed by atoms with Gasteiger partial charge >= 0.3 is 0 Å². The lowest BCUT2D eigenvalue weighted by Gasteiger charge is -2.10. The molecule has 0 radical (unpaired) electrons. The number of rotatable bonds is 4. The maximum Gasteiger partial charge on any atom is 0.277 e. The van der Waals surface area contributed by atoms with E-state index in [9.17, 15) is 0 Å². The van der Waals surface area contributed by atoms with Crippen LogP contribution < -0.4 is 0 Å². The van der Waals surface area contributed by atoms with E-state index in [0.29, 0.717) is 16.1 Å². The predicted molar refractivity (Wildman–Crippen MR) is 90.5 cm³/mol. The Morgan fingerprint density at radius 1 is 1.05 bits per heavy atom. The summed E-state index contributed by atoms with van der Waals surface area (Å²) in [5.74, 6) is 0.455. The highest BCUT2D eigenvalue weighted by molar-refractivity contribution is 7.99. The van der Waals surface area contributed by atoms with Gasteiger partial charge in [-0.3, -0.25) is 0 Å². The minimum Gasteiger partial charge on any atom is -0.411 e. The topological polar surface area (TPSA) is 38.9 Å². The van der Waals surface area contributed by atoms with Crippen LogP contribution in [0.2, 0.25) is 10.0 Å². The van der Waals surface area contributed by atoms with Crippen molar-refractivity contribution in [2.75, 3.05) is 0 Å². The van der Waals surface area contributed by atoms with Gasteiger partial charge in [0, 0.05) is 20.9 Å². The molecule has 22 heavy (non-hydrogen) atoms. The van der Waals surface area contributed by atoms with Crippen molar-refractivity contribution in [2.24, 2.45) is 0 Å². The van der Waals surface area contributed by atoms with Crippen molar-refractivity contribution < 1.29 is 4.42 Å². The highest BCUT2D eigenvalue weighted by Crippen LogP contribution is 2.38. The standard InChI is InChI=1S/C16H12Cl2N2OS/c1-10(13-7-2-3-8-14(13)18)22-16-20-19-15(21-16)11-5-4-6-12(17)9-11/h2-10H,1H3/t10-/m0/s1. The third-order valence-corrected chi connectivity index (χ3v) is 4.65. The van der Waals surface area contributed by atoms with Crippen LogP contribution in [0.5, 0.6) is 0 Å². The van der Waals surface area contributed by atoms with Crippen molar-refractivity contribution in [3.63, 3.8) is 0 Å². The summed E-state index contributed by atoms with van der Waals surface area (Å²) in [4.78, 5) is 0. The molecule has 3 nitrogen and oxygen atoms in total. The van der Waals surface area contributed by atoms with Crippen LogP contribution in [-0.4, -0.2) is 10.2 Å². The van der Waals surface area contributed by atoms with Gasteiger partial charge in [0.2, 0.25) is 5.89 Å². The van der Waals surface area contributed by atoms with Crippen molar-refractivity contribution in [3.05, 3.63) is 64.1 Å². The summed E-state index contributed by atoms with van der Waals surface area (Å²) in [6.45, 7) is 2.05. The average molecular weight is 351 g/mol. The van der Waals surface area contributed by atoms with E-state index in [4.69, 9.17) is 27.6 Å². The quantitative estimate of drug-likeness (QED) is 0.549. The third kappa shape index (κ3) is 3.46. The highest BCUT2D eigenvalue weighted by Gasteiger charge is 2.16. The Morgan fingerprint density at radius 2 is 1.86 bits per heavy atom. The lowest BCUT2D eigenvalue weighted by Crippen LogP contribution is -1.89. The number of halogens is 2. The zero-order valence-corrected chi connectivity index (χ0v) is 14.0. The van der Waals surface area contributed by atoms with Gasteiger partial charge < -0.3 is 4.42 Å². The van der Waals surface area contributed by atoms with Crippen molar-refractivity contribution in [3.8, 4) is 11.5 Å². The molecule has 0 aliphatic heterocycles. The van der Waals surface area contributed by atoms with Crippen LogP contribution in [0, 0.1) is 0 Å². The number of hydrogen-bond donors (Lipinski definition) is 0. The minimum absolute atomic E-state index is 0.112. The lowest BCUT2D eigenvalue weighted by atomic mass is 10.2. The molecule has 1 aromatic heterocycles. The Labute approximate surface area is 142 Å². The number of benzene rings is 2. The SMILES string of the molecule is C[C@H](Sc1nnc(-c2cccc(Cl)c2)o1)c1ccccc1Cl. The Morgan fingerprint density at radius 3 is 2.64 bits per heavy atom.